The molecule has 5 heteroatoms. The molecule has 1 saturated carbocycles. The molecule has 1 aromatic rings. The lowest BCUT2D eigenvalue weighted by Crippen LogP contribution is -2.31. The number of hydrogen-bond acceptors (Lipinski definition) is 3. The number of carbonyl (C=O) groups is 1. The van der Waals surface area contributed by atoms with Gasteiger partial charge in [-0.15, -0.1) is 0 Å². The summed E-state index contributed by atoms with van der Waals surface area (Å²) in [5, 5.41) is 8.85. The lowest BCUT2D eigenvalue weighted by molar-refractivity contribution is -0.136. The fourth-order valence-electron chi connectivity index (χ4n) is 3.28. The largest absolute Gasteiger partial charge is 0.481 e. The third-order valence-corrected chi connectivity index (χ3v) is 4.53. The van der Waals surface area contributed by atoms with Crippen LogP contribution in [0.5, 0.6) is 0 Å². The first kappa shape index (κ1) is 15.7. The van der Waals surface area contributed by atoms with Crippen molar-refractivity contribution in [3.05, 3.63) is 27.4 Å². The molecule has 2 rings (SSSR count). The average molecular weight is 292 g/mol. The number of aryl methyl sites for hydroxylation is 1. The highest BCUT2D eigenvalue weighted by molar-refractivity contribution is 5.67. The Kier molecular flexibility index (Phi) is 5.15. The quantitative estimate of drug-likeness (QED) is 0.904. The molecular weight excluding hydrogens is 268 g/mol. The van der Waals surface area contributed by atoms with Crippen LogP contribution in [0, 0.1) is 19.8 Å². The number of aromatic nitrogens is 2. The van der Waals surface area contributed by atoms with E-state index in [1.54, 1.807) is 11.5 Å². The van der Waals surface area contributed by atoms with E-state index in [4.69, 9.17) is 5.11 Å². The molecule has 1 N–H and O–H groups in total. The van der Waals surface area contributed by atoms with Crippen LogP contribution in [0.2, 0.25) is 0 Å². The van der Waals surface area contributed by atoms with Crippen molar-refractivity contribution in [3.63, 3.8) is 0 Å². The second-order valence-electron chi connectivity index (χ2n) is 6.05. The van der Waals surface area contributed by atoms with Crippen LogP contribution in [0.3, 0.4) is 0 Å². The summed E-state index contributed by atoms with van der Waals surface area (Å²) in [6.07, 6.45) is 6.62. The Morgan fingerprint density at radius 3 is 2.57 bits per heavy atom. The highest BCUT2D eigenvalue weighted by atomic mass is 16.4. The lowest BCUT2D eigenvalue weighted by atomic mass is 9.89. The molecule has 1 fully saturated rings. The molecule has 0 aliphatic heterocycles. The molecule has 1 aromatic heterocycles. The normalized spacial score (nSPS) is 16.1. The van der Waals surface area contributed by atoms with Crippen molar-refractivity contribution in [3.8, 4) is 0 Å². The zero-order valence-corrected chi connectivity index (χ0v) is 12.9. The molecule has 0 aromatic carbocycles. The third-order valence-electron chi connectivity index (χ3n) is 4.53. The van der Waals surface area contributed by atoms with Crippen molar-refractivity contribution in [1.82, 2.24) is 9.55 Å². The summed E-state index contributed by atoms with van der Waals surface area (Å²) < 4.78 is 1.75. The summed E-state index contributed by atoms with van der Waals surface area (Å²) in [4.78, 5) is 27.0. The van der Waals surface area contributed by atoms with Gasteiger partial charge in [-0.2, -0.15) is 4.98 Å². The minimum absolute atomic E-state index is 0.0744. The monoisotopic (exact) mass is 292 g/mol. The van der Waals surface area contributed by atoms with Crippen LogP contribution in [-0.4, -0.2) is 20.6 Å². The fraction of sp³-hybridized carbons (Fsp3) is 0.688. The first-order chi connectivity index (χ1) is 9.99. The topological polar surface area (TPSA) is 72.2 Å². The second-order valence-corrected chi connectivity index (χ2v) is 6.05. The van der Waals surface area contributed by atoms with Gasteiger partial charge in [0.1, 0.15) is 0 Å². The highest BCUT2D eigenvalue weighted by Gasteiger charge is 2.18. The molecule has 0 radical (unpaired) electrons. The Hall–Kier alpha value is -1.65. The van der Waals surface area contributed by atoms with Crippen LogP contribution in [0.1, 0.15) is 55.5 Å². The lowest BCUT2D eigenvalue weighted by Gasteiger charge is -2.24. The molecule has 0 unspecified atom stereocenters. The molecule has 0 amide bonds. The van der Waals surface area contributed by atoms with Gasteiger partial charge in [-0.3, -0.25) is 9.36 Å². The van der Waals surface area contributed by atoms with Crippen LogP contribution in [-0.2, 0) is 17.8 Å². The molecule has 0 atom stereocenters. The van der Waals surface area contributed by atoms with Crippen LogP contribution in [0.4, 0.5) is 0 Å². The maximum absolute atomic E-state index is 12.2. The number of carboxylic acid groups (broad SMARTS) is 1. The van der Waals surface area contributed by atoms with Crippen LogP contribution in [0.15, 0.2) is 4.79 Å². The number of hydrogen-bond donors (Lipinski definition) is 1. The van der Waals surface area contributed by atoms with Crippen molar-refractivity contribution in [2.24, 2.45) is 5.92 Å². The molecule has 0 bridgehead atoms. The van der Waals surface area contributed by atoms with E-state index >= 15 is 0 Å². The molecule has 5 nitrogen and oxygen atoms in total. The minimum atomic E-state index is -0.821. The van der Waals surface area contributed by atoms with Crippen molar-refractivity contribution >= 4 is 5.97 Å². The Balaban J connectivity index is 2.25. The number of rotatable bonds is 5. The van der Waals surface area contributed by atoms with E-state index in [-0.39, 0.29) is 12.1 Å². The van der Waals surface area contributed by atoms with Gasteiger partial charge in [-0.05, 0) is 44.6 Å². The summed E-state index contributed by atoms with van der Waals surface area (Å²) >= 11 is 0. The molecular formula is C16H24N2O3. The van der Waals surface area contributed by atoms with Gasteiger partial charge >= 0.3 is 11.7 Å². The average Bonchev–Trinajstić information content (AvgIpc) is 2.44. The first-order valence-corrected chi connectivity index (χ1v) is 7.77. The zero-order chi connectivity index (χ0) is 15.4. The Labute approximate surface area is 125 Å². The van der Waals surface area contributed by atoms with Gasteiger partial charge in [-0.1, -0.05) is 19.3 Å². The predicted octanol–water partition coefficient (Wildman–Crippen LogP) is 2.46. The number of carboxylic acids is 1. The molecule has 1 aliphatic rings. The Bertz CT molecular complexity index is 572. The maximum atomic E-state index is 12.2. The van der Waals surface area contributed by atoms with Gasteiger partial charge < -0.3 is 5.11 Å². The van der Waals surface area contributed by atoms with E-state index in [9.17, 15) is 9.59 Å². The smallest absolute Gasteiger partial charge is 0.347 e. The van der Waals surface area contributed by atoms with Crippen LogP contribution >= 0.6 is 0 Å². The maximum Gasteiger partial charge on any atom is 0.347 e. The zero-order valence-electron chi connectivity index (χ0n) is 12.9. The minimum Gasteiger partial charge on any atom is -0.481 e. The van der Waals surface area contributed by atoms with Crippen molar-refractivity contribution in [2.45, 2.75) is 65.3 Å². The Morgan fingerprint density at radius 1 is 1.29 bits per heavy atom. The SMILES string of the molecule is Cc1nc(=O)n(CC2CCCCC2)c(C)c1CCC(=O)O. The number of nitrogens with zero attached hydrogens (tertiary/aromatic N) is 2. The molecule has 0 spiro atoms. The summed E-state index contributed by atoms with van der Waals surface area (Å²) in [6.45, 7) is 4.42. The van der Waals surface area contributed by atoms with Gasteiger partial charge in [-0.25, -0.2) is 4.79 Å². The Morgan fingerprint density at radius 2 is 1.95 bits per heavy atom. The van der Waals surface area contributed by atoms with Crippen LogP contribution in [0.25, 0.3) is 0 Å². The van der Waals surface area contributed by atoms with Crippen molar-refractivity contribution < 1.29 is 9.90 Å². The van der Waals surface area contributed by atoms with Gasteiger partial charge in [0.2, 0.25) is 0 Å². The van der Waals surface area contributed by atoms with E-state index in [1.807, 2.05) is 6.92 Å². The molecule has 0 saturated heterocycles. The first-order valence-electron chi connectivity index (χ1n) is 7.77. The van der Waals surface area contributed by atoms with Gasteiger partial charge in [0.15, 0.2) is 0 Å². The van der Waals surface area contributed by atoms with E-state index in [1.165, 1.54) is 32.1 Å². The van der Waals surface area contributed by atoms with E-state index in [0.29, 0.717) is 18.0 Å². The summed E-state index contributed by atoms with van der Waals surface area (Å²) in [5.74, 6) is -0.272. The van der Waals surface area contributed by atoms with Gasteiger partial charge in [0.05, 0.1) is 0 Å². The number of aliphatic carboxylic acids is 1. The summed E-state index contributed by atoms with van der Waals surface area (Å²) in [6, 6.07) is 0. The van der Waals surface area contributed by atoms with Crippen molar-refractivity contribution in [1.29, 1.82) is 0 Å². The second kappa shape index (κ2) is 6.87. The summed E-state index contributed by atoms with van der Waals surface area (Å²) in [5.41, 5.74) is 2.26. The molecule has 1 heterocycles. The highest BCUT2D eigenvalue weighted by Crippen LogP contribution is 2.25. The molecule has 21 heavy (non-hydrogen) atoms. The van der Waals surface area contributed by atoms with Gasteiger partial charge in [0.25, 0.3) is 0 Å². The fourth-order valence-corrected chi connectivity index (χ4v) is 3.28. The van der Waals surface area contributed by atoms with E-state index < -0.39 is 5.97 Å². The van der Waals surface area contributed by atoms with E-state index in [0.717, 1.165) is 17.8 Å². The third kappa shape index (κ3) is 3.93. The molecule has 116 valence electrons. The van der Waals surface area contributed by atoms with Crippen LogP contribution < -0.4 is 5.69 Å². The predicted molar refractivity (Wildman–Crippen MR) is 80.5 cm³/mol. The van der Waals surface area contributed by atoms with Gasteiger partial charge in [0, 0.05) is 24.4 Å². The standard InChI is InChI=1S/C16H24N2O3/c1-11-14(8-9-15(19)20)12(2)18(16(21)17-11)10-13-6-4-3-5-7-13/h13H,3-10H2,1-2H3,(H,19,20). The van der Waals surface area contributed by atoms with Crippen molar-refractivity contribution in [2.75, 3.05) is 0 Å². The summed E-state index contributed by atoms with van der Waals surface area (Å²) in [7, 11) is 0. The molecule has 1 aliphatic carbocycles. The van der Waals surface area contributed by atoms with E-state index in [2.05, 4.69) is 4.98 Å².